The number of unbranched alkanes of at least 4 members (excludes halogenated alkanes) is 1. The molecular formula is C11H21N3OS2. The molecule has 1 heterocycles. The first kappa shape index (κ1) is 14.6. The Hall–Kier alpha value is -0.460. The molecule has 0 atom stereocenters. The van der Waals surface area contributed by atoms with Crippen LogP contribution in [0.15, 0.2) is 4.90 Å². The van der Waals surface area contributed by atoms with Crippen LogP contribution in [0.3, 0.4) is 0 Å². The fourth-order valence-electron chi connectivity index (χ4n) is 1.35. The van der Waals surface area contributed by atoms with Crippen molar-refractivity contribution >= 4 is 34.1 Å². The molecule has 0 aromatic carbocycles. The summed E-state index contributed by atoms with van der Waals surface area (Å²) in [4.78, 5) is 1.06. The fourth-order valence-corrected chi connectivity index (χ4v) is 2.92. The van der Waals surface area contributed by atoms with Gasteiger partial charge in [-0.15, -0.1) is 11.8 Å². The van der Waals surface area contributed by atoms with E-state index in [4.69, 9.17) is 10.5 Å². The van der Waals surface area contributed by atoms with Gasteiger partial charge >= 0.3 is 0 Å². The van der Waals surface area contributed by atoms with Gasteiger partial charge in [0.2, 0.25) is 0 Å². The van der Waals surface area contributed by atoms with Gasteiger partial charge in [-0.2, -0.15) is 4.37 Å². The van der Waals surface area contributed by atoms with Crippen LogP contribution in [0.25, 0.3) is 0 Å². The zero-order valence-electron chi connectivity index (χ0n) is 10.7. The minimum atomic E-state index is 0.326. The first-order chi connectivity index (χ1) is 8.15. The van der Waals surface area contributed by atoms with E-state index in [2.05, 4.69) is 23.5 Å². The summed E-state index contributed by atoms with van der Waals surface area (Å²) in [5.41, 5.74) is 5.76. The third kappa shape index (κ3) is 5.14. The number of rotatable bonds is 8. The van der Waals surface area contributed by atoms with Crippen molar-refractivity contribution in [2.24, 2.45) is 0 Å². The van der Waals surface area contributed by atoms with Crippen LogP contribution in [-0.4, -0.2) is 29.9 Å². The highest BCUT2D eigenvalue weighted by atomic mass is 32.2. The summed E-state index contributed by atoms with van der Waals surface area (Å²) in [6.45, 7) is 5.89. The Morgan fingerprint density at radius 3 is 2.88 bits per heavy atom. The van der Waals surface area contributed by atoms with E-state index in [0.29, 0.717) is 11.9 Å². The molecule has 1 rings (SSSR count). The van der Waals surface area contributed by atoms with Gasteiger partial charge in [-0.3, -0.25) is 0 Å². The van der Waals surface area contributed by atoms with Crippen molar-refractivity contribution < 1.29 is 4.74 Å². The second-order valence-corrected chi connectivity index (χ2v) is 5.57. The number of nitrogens with one attached hydrogen (secondary N) is 1. The van der Waals surface area contributed by atoms with Gasteiger partial charge in [-0.05, 0) is 44.5 Å². The van der Waals surface area contributed by atoms with Crippen LogP contribution in [-0.2, 0) is 4.74 Å². The van der Waals surface area contributed by atoms with Gasteiger partial charge in [-0.1, -0.05) is 0 Å². The molecule has 0 aliphatic rings. The van der Waals surface area contributed by atoms with Gasteiger partial charge < -0.3 is 15.8 Å². The number of nitrogens with two attached hydrogens (primary N) is 1. The lowest BCUT2D eigenvalue weighted by molar-refractivity contribution is 0.0765. The molecule has 4 nitrogen and oxygen atoms in total. The summed E-state index contributed by atoms with van der Waals surface area (Å²) in [7, 11) is 0. The third-order valence-corrected chi connectivity index (χ3v) is 3.96. The molecule has 0 saturated carbocycles. The molecule has 1 aromatic rings. The lowest BCUT2D eigenvalue weighted by Crippen LogP contribution is -2.06. The molecule has 0 fully saturated rings. The Kier molecular flexibility index (Phi) is 6.69. The quantitative estimate of drug-likeness (QED) is 0.564. The number of hydrogen-bond donors (Lipinski definition) is 2. The Morgan fingerprint density at radius 2 is 2.24 bits per heavy atom. The smallest absolute Gasteiger partial charge is 0.153 e. The summed E-state index contributed by atoms with van der Waals surface area (Å²) in [5, 5.41) is 4.46. The maximum Gasteiger partial charge on any atom is 0.153 e. The number of thioether (sulfide) groups is 1. The molecule has 98 valence electrons. The predicted molar refractivity (Wildman–Crippen MR) is 77.1 cm³/mol. The van der Waals surface area contributed by atoms with Crippen LogP contribution in [0, 0.1) is 0 Å². The van der Waals surface area contributed by atoms with Crippen LogP contribution in [0.1, 0.15) is 26.7 Å². The van der Waals surface area contributed by atoms with E-state index in [0.717, 1.165) is 35.9 Å². The first-order valence-corrected chi connectivity index (χ1v) is 7.79. The Bertz CT molecular complexity index is 329. The molecular weight excluding hydrogens is 254 g/mol. The summed E-state index contributed by atoms with van der Waals surface area (Å²) in [5.74, 6) is 0.633. The number of aromatic nitrogens is 1. The van der Waals surface area contributed by atoms with E-state index in [1.165, 1.54) is 11.5 Å². The van der Waals surface area contributed by atoms with E-state index in [1.54, 1.807) is 11.8 Å². The van der Waals surface area contributed by atoms with E-state index < -0.39 is 0 Å². The summed E-state index contributed by atoms with van der Waals surface area (Å²) in [6, 6.07) is 0. The molecule has 0 aliphatic carbocycles. The highest BCUT2D eigenvalue weighted by Crippen LogP contribution is 2.34. The minimum absolute atomic E-state index is 0.326. The number of nitrogens with zero attached hydrogens (tertiary/aromatic N) is 1. The Morgan fingerprint density at radius 1 is 1.47 bits per heavy atom. The van der Waals surface area contributed by atoms with Crippen LogP contribution >= 0.6 is 23.3 Å². The largest absolute Gasteiger partial charge is 0.382 e. The zero-order chi connectivity index (χ0) is 12.7. The van der Waals surface area contributed by atoms with Crippen LogP contribution < -0.4 is 11.1 Å². The highest BCUT2D eigenvalue weighted by Gasteiger charge is 2.09. The van der Waals surface area contributed by atoms with Crippen LogP contribution in [0.4, 0.5) is 10.8 Å². The maximum atomic E-state index is 5.76. The Balaban J connectivity index is 2.18. The van der Waals surface area contributed by atoms with Gasteiger partial charge in [0.15, 0.2) is 5.82 Å². The lowest BCUT2D eigenvalue weighted by Gasteiger charge is -2.08. The van der Waals surface area contributed by atoms with Crippen molar-refractivity contribution in [3.63, 3.8) is 0 Å². The predicted octanol–water partition coefficient (Wildman–Crippen LogP) is 3.06. The standard InChI is InChI=1S/C11H21N3OS2/c1-8(2)15-7-5-4-6-13-11-9(16-3)10(12)14-17-11/h8,13H,4-7H2,1-3H3,(H2,12,14). The average molecular weight is 275 g/mol. The SMILES string of the molecule is CSc1c(N)nsc1NCCCCOC(C)C. The maximum absolute atomic E-state index is 5.76. The van der Waals surface area contributed by atoms with Crippen molar-refractivity contribution in [3.8, 4) is 0 Å². The topological polar surface area (TPSA) is 60.2 Å². The summed E-state index contributed by atoms with van der Waals surface area (Å²) >= 11 is 3.07. The van der Waals surface area contributed by atoms with Crippen molar-refractivity contribution in [1.82, 2.24) is 4.37 Å². The second-order valence-electron chi connectivity index (χ2n) is 3.98. The number of nitrogen functional groups attached to an aromatic ring is 1. The molecule has 0 aliphatic heterocycles. The summed E-state index contributed by atoms with van der Waals surface area (Å²) < 4.78 is 9.62. The van der Waals surface area contributed by atoms with Crippen molar-refractivity contribution in [3.05, 3.63) is 0 Å². The average Bonchev–Trinajstić information content (AvgIpc) is 2.63. The zero-order valence-corrected chi connectivity index (χ0v) is 12.3. The van der Waals surface area contributed by atoms with Crippen molar-refractivity contribution in [2.45, 2.75) is 37.7 Å². The second kappa shape index (κ2) is 7.79. The van der Waals surface area contributed by atoms with Gasteiger partial charge in [0, 0.05) is 13.2 Å². The van der Waals surface area contributed by atoms with E-state index >= 15 is 0 Å². The van der Waals surface area contributed by atoms with Crippen molar-refractivity contribution in [2.75, 3.05) is 30.5 Å². The molecule has 3 N–H and O–H groups in total. The first-order valence-electron chi connectivity index (χ1n) is 5.79. The van der Waals surface area contributed by atoms with Crippen LogP contribution in [0.5, 0.6) is 0 Å². The van der Waals surface area contributed by atoms with Gasteiger partial charge in [0.05, 0.1) is 11.0 Å². The van der Waals surface area contributed by atoms with Gasteiger partial charge in [0.1, 0.15) is 5.00 Å². The molecule has 0 bridgehead atoms. The van der Waals surface area contributed by atoms with Gasteiger partial charge in [0.25, 0.3) is 0 Å². The molecule has 0 saturated heterocycles. The monoisotopic (exact) mass is 275 g/mol. The number of hydrogen-bond acceptors (Lipinski definition) is 6. The third-order valence-electron chi connectivity index (χ3n) is 2.19. The molecule has 0 spiro atoms. The number of anilines is 2. The highest BCUT2D eigenvalue weighted by molar-refractivity contribution is 7.99. The Labute approximate surface area is 111 Å². The molecule has 0 unspecified atom stereocenters. The van der Waals surface area contributed by atoms with E-state index in [1.807, 2.05) is 6.26 Å². The van der Waals surface area contributed by atoms with Crippen molar-refractivity contribution in [1.29, 1.82) is 0 Å². The fraction of sp³-hybridized carbons (Fsp3) is 0.727. The molecule has 1 aromatic heterocycles. The minimum Gasteiger partial charge on any atom is -0.382 e. The summed E-state index contributed by atoms with van der Waals surface area (Å²) in [6.07, 6.45) is 4.51. The van der Waals surface area contributed by atoms with Crippen LogP contribution in [0.2, 0.25) is 0 Å². The van der Waals surface area contributed by atoms with E-state index in [-0.39, 0.29) is 0 Å². The molecule has 0 amide bonds. The number of ether oxygens (including phenoxy) is 1. The normalized spacial score (nSPS) is 11.1. The molecule has 17 heavy (non-hydrogen) atoms. The molecule has 6 heteroatoms. The molecule has 0 radical (unpaired) electrons. The van der Waals surface area contributed by atoms with E-state index in [9.17, 15) is 0 Å². The van der Waals surface area contributed by atoms with Gasteiger partial charge in [-0.25, -0.2) is 0 Å². The lowest BCUT2D eigenvalue weighted by atomic mass is 10.3.